The highest BCUT2D eigenvalue weighted by atomic mass is 32.2. The van der Waals surface area contributed by atoms with Crippen molar-refractivity contribution in [3.8, 4) is 0 Å². The van der Waals surface area contributed by atoms with Crippen LogP contribution < -0.4 is 5.73 Å². The number of fused-ring (bicyclic) bond motifs is 1. The fourth-order valence-corrected chi connectivity index (χ4v) is 2.85. The molecule has 1 heterocycles. The Hall–Kier alpha value is -1.87. The Morgan fingerprint density at radius 2 is 1.76 bits per heavy atom. The minimum Gasteiger partial charge on any atom is -0.398 e. The number of aromatic nitrogens is 1. The van der Waals surface area contributed by atoms with Crippen molar-refractivity contribution < 1.29 is 0 Å². The molecule has 84 valence electrons. The SMILES string of the molecule is Nc1ccc2[nH]ccc2c1Sc1ccccc1. The first kappa shape index (κ1) is 10.3. The predicted octanol–water partition coefficient (Wildman–Crippen LogP) is 3.90. The summed E-state index contributed by atoms with van der Waals surface area (Å²) in [5, 5.41) is 1.18. The molecule has 1 aromatic heterocycles. The lowest BCUT2D eigenvalue weighted by atomic mass is 10.2. The molecule has 2 nitrogen and oxygen atoms in total. The quantitative estimate of drug-likeness (QED) is 0.667. The van der Waals surface area contributed by atoms with E-state index >= 15 is 0 Å². The first-order valence-electron chi connectivity index (χ1n) is 5.43. The molecular weight excluding hydrogens is 228 g/mol. The molecule has 0 bridgehead atoms. The fraction of sp³-hybridized carbons (Fsp3) is 0. The average molecular weight is 240 g/mol. The third-order valence-electron chi connectivity index (χ3n) is 2.68. The number of aromatic amines is 1. The molecule has 0 aliphatic rings. The van der Waals surface area contributed by atoms with Crippen LogP contribution in [-0.2, 0) is 0 Å². The van der Waals surface area contributed by atoms with Crippen molar-refractivity contribution in [1.29, 1.82) is 0 Å². The first-order chi connectivity index (χ1) is 8.34. The molecule has 0 radical (unpaired) electrons. The van der Waals surface area contributed by atoms with E-state index in [0.29, 0.717) is 0 Å². The van der Waals surface area contributed by atoms with Crippen molar-refractivity contribution in [1.82, 2.24) is 4.98 Å². The Labute approximate surface area is 104 Å². The van der Waals surface area contributed by atoms with Crippen LogP contribution >= 0.6 is 11.8 Å². The Bertz CT molecular complexity index is 644. The Morgan fingerprint density at radius 1 is 0.941 bits per heavy atom. The highest BCUT2D eigenvalue weighted by molar-refractivity contribution is 7.99. The fourth-order valence-electron chi connectivity index (χ4n) is 1.84. The second kappa shape index (κ2) is 4.18. The highest BCUT2D eigenvalue weighted by Crippen LogP contribution is 2.37. The largest absolute Gasteiger partial charge is 0.398 e. The zero-order valence-corrected chi connectivity index (χ0v) is 10.00. The molecule has 0 aliphatic heterocycles. The number of benzene rings is 2. The zero-order valence-electron chi connectivity index (χ0n) is 9.18. The maximum Gasteiger partial charge on any atom is 0.0466 e. The van der Waals surface area contributed by atoms with Gasteiger partial charge >= 0.3 is 0 Å². The molecule has 3 aromatic rings. The lowest BCUT2D eigenvalue weighted by Crippen LogP contribution is -1.88. The summed E-state index contributed by atoms with van der Waals surface area (Å²) < 4.78 is 0. The van der Waals surface area contributed by atoms with E-state index in [0.717, 1.165) is 16.1 Å². The van der Waals surface area contributed by atoms with Gasteiger partial charge in [0, 0.05) is 32.6 Å². The van der Waals surface area contributed by atoms with E-state index in [9.17, 15) is 0 Å². The molecule has 17 heavy (non-hydrogen) atoms. The van der Waals surface area contributed by atoms with Crippen molar-refractivity contribution in [2.45, 2.75) is 9.79 Å². The lowest BCUT2D eigenvalue weighted by molar-refractivity contribution is 1.43. The van der Waals surface area contributed by atoms with Crippen LogP contribution in [0.2, 0.25) is 0 Å². The number of hydrogen-bond acceptors (Lipinski definition) is 2. The molecule has 2 aromatic carbocycles. The third kappa shape index (κ3) is 1.89. The van der Waals surface area contributed by atoms with Gasteiger partial charge in [-0.15, -0.1) is 0 Å². The molecule has 0 atom stereocenters. The van der Waals surface area contributed by atoms with Crippen LogP contribution in [0.4, 0.5) is 5.69 Å². The van der Waals surface area contributed by atoms with E-state index in [4.69, 9.17) is 5.73 Å². The summed E-state index contributed by atoms with van der Waals surface area (Å²) in [7, 11) is 0. The highest BCUT2D eigenvalue weighted by Gasteiger charge is 2.07. The molecule has 0 unspecified atom stereocenters. The number of nitrogen functional groups attached to an aromatic ring is 1. The van der Waals surface area contributed by atoms with Gasteiger partial charge in [-0.25, -0.2) is 0 Å². The van der Waals surface area contributed by atoms with E-state index < -0.39 is 0 Å². The molecule has 3 heteroatoms. The third-order valence-corrected chi connectivity index (χ3v) is 3.85. The van der Waals surface area contributed by atoms with Crippen LogP contribution in [0, 0.1) is 0 Å². The van der Waals surface area contributed by atoms with Gasteiger partial charge in [-0.3, -0.25) is 0 Å². The topological polar surface area (TPSA) is 41.8 Å². The van der Waals surface area contributed by atoms with Crippen LogP contribution in [-0.4, -0.2) is 4.98 Å². The van der Waals surface area contributed by atoms with Gasteiger partial charge in [0.05, 0.1) is 0 Å². The van der Waals surface area contributed by atoms with Crippen molar-refractivity contribution >= 4 is 28.4 Å². The average Bonchev–Trinajstić information content (AvgIpc) is 2.83. The number of nitrogens with one attached hydrogen (secondary N) is 1. The van der Waals surface area contributed by atoms with Crippen molar-refractivity contribution in [3.63, 3.8) is 0 Å². The van der Waals surface area contributed by atoms with Gasteiger partial charge in [0.25, 0.3) is 0 Å². The lowest BCUT2D eigenvalue weighted by Gasteiger charge is -2.06. The van der Waals surface area contributed by atoms with Crippen LogP contribution in [0.15, 0.2) is 64.5 Å². The van der Waals surface area contributed by atoms with Gasteiger partial charge in [-0.1, -0.05) is 30.0 Å². The minimum atomic E-state index is 0.825. The van der Waals surface area contributed by atoms with E-state index in [1.54, 1.807) is 11.8 Å². The molecule has 0 saturated heterocycles. The molecule has 0 spiro atoms. The Morgan fingerprint density at radius 3 is 2.59 bits per heavy atom. The maximum atomic E-state index is 6.06. The number of hydrogen-bond donors (Lipinski definition) is 2. The van der Waals surface area contributed by atoms with Gasteiger partial charge in [-0.2, -0.15) is 0 Å². The second-order valence-corrected chi connectivity index (χ2v) is 4.92. The van der Waals surface area contributed by atoms with Crippen molar-refractivity contribution in [3.05, 3.63) is 54.7 Å². The van der Waals surface area contributed by atoms with Crippen molar-refractivity contribution in [2.24, 2.45) is 0 Å². The summed E-state index contributed by atoms with van der Waals surface area (Å²) in [6, 6.07) is 16.3. The number of anilines is 1. The van der Waals surface area contributed by atoms with Gasteiger partial charge in [0.15, 0.2) is 0 Å². The zero-order chi connectivity index (χ0) is 11.7. The summed E-state index contributed by atoms with van der Waals surface area (Å²) in [4.78, 5) is 5.53. The Kier molecular flexibility index (Phi) is 2.53. The van der Waals surface area contributed by atoms with Gasteiger partial charge in [-0.05, 0) is 30.3 Å². The number of H-pyrrole nitrogens is 1. The monoisotopic (exact) mass is 240 g/mol. The van der Waals surface area contributed by atoms with Crippen LogP contribution in [0.5, 0.6) is 0 Å². The second-order valence-electron chi connectivity index (χ2n) is 3.84. The number of rotatable bonds is 2. The van der Waals surface area contributed by atoms with E-state index in [1.165, 1.54) is 10.3 Å². The molecule has 0 aliphatic carbocycles. The van der Waals surface area contributed by atoms with E-state index in [2.05, 4.69) is 23.2 Å². The van der Waals surface area contributed by atoms with Gasteiger partial charge in [0.2, 0.25) is 0 Å². The normalized spacial score (nSPS) is 10.8. The predicted molar refractivity (Wildman–Crippen MR) is 73.3 cm³/mol. The summed E-state index contributed by atoms with van der Waals surface area (Å²) in [6.45, 7) is 0. The van der Waals surface area contributed by atoms with Gasteiger partial charge in [0.1, 0.15) is 0 Å². The summed E-state index contributed by atoms with van der Waals surface area (Å²) in [5.41, 5.74) is 8.01. The number of nitrogens with two attached hydrogens (primary N) is 1. The summed E-state index contributed by atoms with van der Waals surface area (Å²) in [5.74, 6) is 0. The molecule has 3 rings (SSSR count). The van der Waals surface area contributed by atoms with Crippen LogP contribution in [0.3, 0.4) is 0 Å². The molecule has 3 N–H and O–H groups in total. The first-order valence-corrected chi connectivity index (χ1v) is 6.25. The molecule has 0 saturated carbocycles. The van der Waals surface area contributed by atoms with Crippen molar-refractivity contribution in [2.75, 3.05) is 5.73 Å². The minimum absolute atomic E-state index is 0.825. The smallest absolute Gasteiger partial charge is 0.0466 e. The standard InChI is InChI=1S/C14H12N2S/c15-12-6-7-13-11(8-9-16-13)14(12)17-10-4-2-1-3-5-10/h1-9,16H,15H2. The summed E-state index contributed by atoms with van der Waals surface area (Å²) in [6.07, 6.45) is 1.94. The molecular formula is C14H12N2S. The van der Waals surface area contributed by atoms with E-state index in [1.807, 2.05) is 36.5 Å². The van der Waals surface area contributed by atoms with Crippen LogP contribution in [0.25, 0.3) is 10.9 Å². The molecule has 0 amide bonds. The summed E-state index contributed by atoms with van der Waals surface area (Å²) >= 11 is 1.70. The Balaban J connectivity index is 2.10. The molecule has 0 fully saturated rings. The van der Waals surface area contributed by atoms with E-state index in [-0.39, 0.29) is 0 Å². The maximum absolute atomic E-state index is 6.06. The van der Waals surface area contributed by atoms with Gasteiger partial charge < -0.3 is 10.7 Å². The van der Waals surface area contributed by atoms with Crippen LogP contribution in [0.1, 0.15) is 0 Å².